The van der Waals surface area contributed by atoms with Gasteiger partial charge in [-0.25, -0.2) is 0 Å². The largest absolute Gasteiger partial charge is 0.480 e. The lowest BCUT2D eigenvalue weighted by Gasteiger charge is -2.32. The molecule has 1 aliphatic carbocycles. The molecule has 32 heavy (non-hydrogen) atoms. The topological polar surface area (TPSA) is 140 Å². The molecule has 4 unspecified atom stereocenters. The highest BCUT2D eigenvalue weighted by Gasteiger charge is 2.38. The van der Waals surface area contributed by atoms with Gasteiger partial charge in [0.05, 0.1) is 12.1 Å². The van der Waals surface area contributed by atoms with E-state index in [4.69, 9.17) is 5.11 Å². The number of carbonyl (C=O) groups is 3. The van der Waals surface area contributed by atoms with E-state index >= 15 is 0 Å². The molecule has 11 heteroatoms. The first kappa shape index (κ1) is 27.2. The second kappa shape index (κ2) is 13.6. The van der Waals surface area contributed by atoms with Gasteiger partial charge in [0.25, 0.3) is 0 Å². The van der Waals surface area contributed by atoms with Crippen LogP contribution in [-0.4, -0.2) is 83.9 Å². The number of amides is 2. The second-order valence-electron chi connectivity index (χ2n) is 8.75. The monoisotopic (exact) mass is 490 g/mol. The first-order valence-electron chi connectivity index (χ1n) is 11.4. The summed E-state index contributed by atoms with van der Waals surface area (Å²) in [6.45, 7) is 3.08. The number of aliphatic carboxylic acids is 1. The van der Waals surface area contributed by atoms with Gasteiger partial charge in [-0.2, -0.15) is 0 Å². The highest BCUT2D eigenvalue weighted by molar-refractivity contribution is 8.76. The smallest absolute Gasteiger partial charge is 0.321 e. The third-order valence-corrected chi connectivity index (χ3v) is 9.04. The van der Waals surface area contributed by atoms with Crippen molar-refractivity contribution in [3.05, 3.63) is 0 Å². The Labute approximate surface area is 198 Å². The number of hydrogen-bond acceptors (Lipinski definition) is 8. The molecule has 1 saturated heterocycles. The first-order valence-corrected chi connectivity index (χ1v) is 13.9. The zero-order chi connectivity index (χ0) is 23.6. The molecule has 0 spiro atoms. The van der Waals surface area contributed by atoms with E-state index in [0.29, 0.717) is 24.5 Å². The Morgan fingerprint density at radius 3 is 2.31 bits per heavy atom. The van der Waals surface area contributed by atoms with E-state index in [1.54, 1.807) is 7.05 Å². The molecule has 2 rings (SSSR count). The second-order valence-corrected chi connectivity index (χ2v) is 11.3. The summed E-state index contributed by atoms with van der Waals surface area (Å²) in [6, 6.07) is -1.65. The number of aliphatic hydroxyl groups is 1. The van der Waals surface area contributed by atoms with Crippen LogP contribution in [0.2, 0.25) is 0 Å². The molecular formula is C21H38N4O5S2. The molecule has 0 aromatic heterocycles. The molecule has 6 N–H and O–H groups in total. The normalized spacial score (nSPS) is 22.8. The third kappa shape index (κ3) is 8.09. The van der Waals surface area contributed by atoms with Crippen LogP contribution in [0.4, 0.5) is 0 Å². The number of nitrogens with one attached hydrogen (secondary N) is 4. The molecule has 1 saturated carbocycles. The average molecular weight is 491 g/mol. The minimum atomic E-state index is -0.922. The summed E-state index contributed by atoms with van der Waals surface area (Å²) >= 11 is 0. The summed E-state index contributed by atoms with van der Waals surface area (Å²) in [5.74, 6) is -0.656. The predicted octanol–water partition coefficient (Wildman–Crippen LogP) is 0.725. The fraction of sp³-hybridized carbons (Fsp3) is 0.857. The quantitative estimate of drug-likeness (QED) is 0.154. The molecule has 0 radical (unpaired) electrons. The summed E-state index contributed by atoms with van der Waals surface area (Å²) in [5.41, 5.74) is -0.136. The maximum Gasteiger partial charge on any atom is 0.321 e. The van der Waals surface area contributed by atoms with E-state index in [1.807, 2.05) is 6.92 Å². The molecule has 0 bridgehead atoms. The van der Waals surface area contributed by atoms with Crippen molar-refractivity contribution in [2.24, 2.45) is 5.41 Å². The molecule has 2 amide bonds. The van der Waals surface area contributed by atoms with Gasteiger partial charge >= 0.3 is 5.97 Å². The molecular weight excluding hydrogens is 452 g/mol. The summed E-state index contributed by atoms with van der Waals surface area (Å²) in [7, 11) is 4.33. The maximum atomic E-state index is 12.9. The minimum absolute atomic E-state index is 0.136. The average Bonchev–Trinajstić information content (AvgIpc) is 3.45. The Morgan fingerprint density at radius 1 is 1.12 bits per heavy atom. The van der Waals surface area contributed by atoms with Gasteiger partial charge in [0, 0.05) is 18.1 Å². The van der Waals surface area contributed by atoms with Crippen LogP contribution in [-0.2, 0) is 14.4 Å². The standard InChI is InChI=1S/C21H38N4O5S2/c1-14(26)21(7-3-4-8-21)9-11-24-18(27)16(25-19(28)15-6-5-10-23-15)12-31-32-13-17(22-2)20(29)30/h14-17,22-23,26H,3-13H2,1-2H3,(H,24,27)(H,25,28)(H,29,30). The van der Waals surface area contributed by atoms with Crippen LogP contribution in [0.1, 0.15) is 51.9 Å². The van der Waals surface area contributed by atoms with Crippen LogP contribution in [0.15, 0.2) is 0 Å². The highest BCUT2D eigenvalue weighted by Crippen LogP contribution is 2.43. The minimum Gasteiger partial charge on any atom is -0.480 e. The fourth-order valence-corrected chi connectivity index (χ4v) is 6.79. The van der Waals surface area contributed by atoms with E-state index in [2.05, 4.69) is 21.3 Å². The lowest BCUT2D eigenvalue weighted by Crippen LogP contribution is -2.53. The number of likely N-dealkylation sites (N-methyl/N-ethyl adjacent to an activating group) is 1. The first-order chi connectivity index (χ1) is 15.3. The Kier molecular flexibility index (Phi) is 11.6. The number of carbonyl (C=O) groups excluding carboxylic acids is 2. The maximum absolute atomic E-state index is 12.9. The van der Waals surface area contributed by atoms with Gasteiger partial charge in [0.2, 0.25) is 11.8 Å². The van der Waals surface area contributed by atoms with Crippen LogP contribution in [0.3, 0.4) is 0 Å². The Balaban J connectivity index is 1.87. The number of carboxylic acids is 1. The molecule has 1 heterocycles. The highest BCUT2D eigenvalue weighted by atomic mass is 33.1. The van der Waals surface area contributed by atoms with E-state index in [0.717, 1.165) is 45.1 Å². The molecule has 1 aliphatic heterocycles. The number of carboxylic acid groups (broad SMARTS) is 1. The Hall–Kier alpha value is -1.01. The van der Waals surface area contributed by atoms with E-state index in [9.17, 15) is 19.5 Å². The van der Waals surface area contributed by atoms with E-state index in [1.165, 1.54) is 21.6 Å². The van der Waals surface area contributed by atoms with E-state index in [-0.39, 0.29) is 23.3 Å². The van der Waals surface area contributed by atoms with Crippen molar-refractivity contribution in [3.63, 3.8) is 0 Å². The van der Waals surface area contributed by atoms with Crippen LogP contribution in [0, 0.1) is 5.41 Å². The van der Waals surface area contributed by atoms with Crippen LogP contribution in [0.5, 0.6) is 0 Å². The number of rotatable bonds is 14. The summed E-state index contributed by atoms with van der Waals surface area (Å²) in [4.78, 5) is 36.6. The lowest BCUT2D eigenvalue weighted by atomic mass is 9.78. The van der Waals surface area contributed by atoms with Crippen molar-refractivity contribution in [2.45, 2.75) is 76.1 Å². The van der Waals surface area contributed by atoms with Crippen molar-refractivity contribution < 1.29 is 24.6 Å². The molecule has 9 nitrogen and oxygen atoms in total. The number of hydrogen-bond donors (Lipinski definition) is 6. The van der Waals surface area contributed by atoms with Crippen molar-refractivity contribution >= 4 is 39.4 Å². The van der Waals surface area contributed by atoms with E-state index < -0.39 is 24.2 Å². The molecule has 0 aromatic rings. The molecule has 2 fully saturated rings. The van der Waals surface area contributed by atoms with Crippen LogP contribution in [0.25, 0.3) is 0 Å². The van der Waals surface area contributed by atoms with Gasteiger partial charge in [0.15, 0.2) is 0 Å². The summed E-state index contributed by atoms with van der Waals surface area (Å²) in [5, 5.41) is 31.1. The van der Waals surface area contributed by atoms with Crippen molar-refractivity contribution in [3.8, 4) is 0 Å². The number of aliphatic hydroxyl groups excluding tert-OH is 1. The predicted molar refractivity (Wildman–Crippen MR) is 129 cm³/mol. The van der Waals surface area contributed by atoms with Crippen molar-refractivity contribution in [1.82, 2.24) is 21.3 Å². The zero-order valence-electron chi connectivity index (χ0n) is 19.0. The van der Waals surface area contributed by atoms with Crippen molar-refractivity contribution in [1.29, 1.82) is 0 Å². The molecule has 184 valence electrons. The van der Waals surface area contributed by atoms with Gasteiger partial charge in [-0.15, -0.1) is 0 Å². The summed E-state index contributed by atoms with van der Waals surface area (Å²) in [6.07, 6.45) is 6.13. The Morgan fingerprint density at radius 2 is 1.78 bits per heavy atom. The molecule has 0 aromatic carbocycles. The SMILES string of the molecule is CNC(CSSCC(NC(=O)C1CCCN1)C(=O)NCCC1(C(C)O)CCCC1)C(=O)O. The van der Waals surface area contributed by atoms with Crippen molar-refractivity contribution in [2.75, 3.05) is 31.6 Å². The lowest BCUT2D eigenvalue weighted by molar-refractivity contribution is -0.138. The Bertz CT molecular complexity index is 625. The van der Waals surface area contributed by atoms with Gasteiger partial charge in [-0.05, 0) is 58.0 Å². The summed E-state index contributed by atoms with van der Waals surface area (Å²) < 4.78 is 0. The van der Waals surface area contributed by atoms with Crippen LogP contribution >= 0.6 is 21.6 Å². The zero-order valence-corrected chi connectivity index (χ0v) is 20.7. The van der Waals surface area contributed by atoms with Gasteiger partial charge in [-0.1, -0.05) is 34.4 Å². The third-order valence-electron chi connectivity index (χ3n) is 6.62. The van der Waals surface area contributed by atoms with Gasteiger partial charge in [0.1, 0.15) is 12.1 Å². The molecule has 2 aliphatic rings. The molecule has 4 atom stereocenters. The van der Waals surface area contributed by atoms with Gasteiger partial charge < -0.3 is 31.5 Å². The fourth-order valence-electron chi connectivity index (χ4n) is 4.39. The van der Waals surface area contributed by atoms with Crippen LogP contribution < -0.4 is 21.3 Å². The van der Waals surface area contributed by atoms with Gasteiger partial charge in [-0.3, -0.25) is 14.4 Å².